The molecule has 2 heterocycles. The number of nitrogens with two attached hydrogens (primary N) is 1. The van der Waals surface area contributed by atoms with E-state index in [1.54, 1.807) is 0 Å². The summed E-state index contributed by atoms with van der Waals surface area (Å²) >= 11 is 0. The summed E-state index contributed by atoms with van der Waals surface area (Å²) in [5.41, 5.74) is 8.54. The number of hydrogen-bond donors (Lipinski definition) is 1. The number of rotatable bonds is 3. The molecule has 26 heavy (non-hydrogen) atoms. The van der Waals surface area contributed by atoms with Crippen molar-refractivity contribution in [2.24, 2.45) is 10.3 Å². The molecule has 0 atom stereocenters. The lowest BCUT2D eigenvalue weighted by molar-refractivity contribution is 0.224. The van der Waals surface area contributed by atoms with E-state index in [0.29, 0.717) is 11.6 Å². The molecule has 0 amide bonds. The Morgan fingerprint density at radius 1 is 0.885 bits per heavy atom. The van der Waals surface area contributed by atoms with Crippen LogP contribution in [0.15, 0.2) is 58.9 Å². The fraction of sp³-hybridized carbons (Fsp3) is 0.263. The third-order valence-electron chi connectivity index (χ3n) is 4.39. The zero-order valence-corrected chi connectivity index (χ0v) is 16.7. The van der Waals surface area contributed by atoms with Gasteiger partial charge in [-0.1, -0.05) is 29.5 Å². The van der Waals surface area contributed by atoms with Gasteiger partial charge >= 0.3 is 0 Å². The predicted molar refractivity (Wildman–Crippen MR) is 115 cm³/mol. The SMILES string of the molecule is I.Nc1nc(-c2ccccc2N=NN2CCCCC2)nc2ccccc12. The first-order valence-corrected chi connectivity index (χ1v) is 8.59. The highest BCUT2D eigenvalue weighted by atomic mass is 127. The van der Waals surface area contributed by atoms with E-state index in [9.17, 15) is 0 Å². The minimum atomic E-state index is 0. The molecule has 2 N–H and O–H groups in total. The summed E-state index contributed by atoms with van der Waals surface area (Å²) in [5, 5.41) is 11.7. The number of para-hydroxylation sites is 1. The van der Waals surface area contributed by atoms with E-state index in [2.05, 4.69) is 20.3 Å². The number of nitrogen functional groups attached to an aromatic ring is 1. The number of hydrogen-bond acceptors (Lipinski definition) is 5. The summed E-state index contributed by atoms with van der Waals surface area (Å²) < 4.78 is 0. The van der Waals surface area contributed by atoms with E-state index in [-0.39, 0.29) is 24.0 Å². The molecule has 0 radical (unpaired) electrons. The van der Waals surface area contributed by atoms with Gasteiger partial charge in [-0.2, -0.15) is 0 Å². The number of piperidine rings is 1. The van der Waals surface area contributed by atoms with Crippen LogP contribution in [0, 0.1) is 0 Å². The molecule has 1 saturated heterocycles. The number of aromatic nitrogens is 2. The molecule has 0 bridgehead atoms. The molecule has 1 aliphatic heterocycles. The molecule has 6 nitrogen and oxygen atoms in total. The van der Waals surface area contributed by atoms with Gasteiger partial charge in [0.25, 0.3) is 0 Å². The van der Waals surface area contributed by atoms with Crippen molar-refractivity contribution in [2.45, 2.75) is 19.3 Å². The molecular weight excluding hydrogens is 439 g/mol. The van der Waals surface area contributed by atoms with Gasteiger partial charge in [-0.3, -0.25) is 5.01 Å². The average molecular weight is 460 g/mol. The van der Waals surface area contributed by atoms with Crippen molar-refractivity contribution in [3.63, 3.8) is 0 Å². The monoisotopic (exact) mass is 460 g/mol. The normalized spacial score (nSPS) is 14.5. The second-order valence-electron chi connectivity index (χ2n) is 6.17. The number of fused-ring (bicyclic) bond motifs is 1. The second-order valence-corrected chi connectivity index (χ2v) is 6.17. The Hall–Kier alpha value is -2.29. The van der Waals surface area contributed by atoms with Crippen LogP contribution in [-0.2, 0) is 0 Å². The van der Waals surface area contributed by atoms with Crippen molar-refractivity contribution >= 4 is 46.4 Å². The van der Waals surface area contributed by atoms with Gasteiger partial charge in [-0.25, -0.2) is 9.97 Å². The quantitative estimate of drug-likeness (QED) is 0.442. The standard InChI is InChI=1S/C19H20N6.HI/c20-18-14-8-2-4-10-16(14)21-19(22-18)15-9-3-5-11-17(15)23-24-25-12-6-1-7-13-25;/h2-5,8-11H,1,6-7,12-13H2,(H2,20,21,22);1H. The maximum Gasteiger partial charge on any atom is 0.164 e. The minimum absolute atomic E-state index is 0. The summed E-state index contributed by atoms with van der Waals surface area (Å²) in [6.07, 6.45) is 3.61. The van der Waals surface area contributed by atoms with Crippen LogP contribution in [0.2, 0.25) is 0 Å². The highest BCUT2D eigenvalue weighted by Gasteiger charge is 2.12. The summed E-state index contributed by atoms with van der Waals surface area (Å²) in [7, 11) is 0. The van der Waals surface area contributed by atoms with Crippen LogP contribution in [0.1, 0.15) is 19.3 Å². The lowest BCUT2D eigenvalue weighted by Crippen LogP contribution is -2.23. The topological polar surface area (TPSA) is 79.8 Å². The average Bonchev–Trinajstić information content (AvgIpc) is 2.67. The second kappa shape index (κ2) is 8.39. The molecular formula is C19H21IN6. The lowest BCUT2D eigenvalue weighted by atomic mass is 10.1. The van der Waals surface area contributed by atoms with E-state index >= 15 is 0 Å². The van der Waals surface area contributed by atoms with Crippen molar-refractivity contribution in [1.82, 2.24) is 15.0 Å². The van der Waals surface area contributed by atoms with Crippen molar-refractivity contribution in [1.29, 1.82) is 0 Å². The Bertz CT molecular complexity index is 921. The molecule has 1 aliphatic rings. The third-order valence-corrected chi connectivity index (χ3v) is 4.39. The van der Waals surface area contributed by atoms with Crippen LogP contribution in [0.5, 0.6) is 0 Å². The molecule has 0 spiro atoms. The van der Waals surface area contributed by atoms with Crippen LogP contribution in [-0.4, -0.2) is 28.1 Å². The van der Waals surface area contributed by atoms with Gasteiger partial charge in [-0.15, -0.1) is 29.1 Å². The number of benzene rings is 2. The molecule has 4 rings (SSSR count). The summed E-state index contributed by atoms with van der Waals surface area (Å²) in [6.45, 7) is 1.93. The van der Waals surface area contributed by atoms with E-state index in [1.165, 1.54) is 19.3 Å². The van der Waals surface area contributed by atoms with Gasteiger partial charge < -0.3 is 5.73 Å². The van der Waals surface area contributed by atoms with Crippen LogP contribution >= 0.6 is 24.0 Å². The van der Waals surface area contributed by atoms with Gasteiger partial charge in [-0.05, 0) is 43.5 Å². The highest BCUT2D eigenvalue weighted by Crippen LogP contribution is 2.30. The van der Waals surface area contributed by atoms with Gasteiger partial charge in [0.15, 0.2) is 5.82 Å². The van der Waals surface area contributed by atoms with Gasteiger partial charge in [0.1, 0.15) is 5.82 Å². The van der Waals surface area contributed by atoms with Crippen molar-refractivity contribution in [3.05, 3.63) is 48.5 Å². The smallest absolute Gasteiger partial charge is 0.164 e. The molecule has 0 aliphatic carbocycles. The third kappa shape index (κ3) is 3.92. The maximum absolute atomic E-state index is 6.12. The fourth-order valence-corrected chi connectivity index (χ4v) is 3.05. The van der Waals surface area contributed by atoms with Crippen molar-refractivity contribution < 1.29 is 0 Å². The molecule has 7 heteroatoms. The minimum Gasteiger partial charge on any atom is -0.383 e. The molecule has 0 unspecified atom stereocenters. The van der Waals surface area contributed by atoms with Crippen molar-refractivity contribution in [3.8, 4) is 11.4 Å². The van der Waals surface area contributed by atoms with E-state index < -0.39 is 0 Å². The molecule has 3 aromatic rings. The number of halogens is 1. The fourth-order valence-electron chi connectivity index (χ4n) is 3.05. The maximum atomic E-state index is 6.12. The van der Waals surface area contributed by atoms with Crippen LogP contribution in [0.3, 0.4) is 0 Å². The molecule has 0 saturated carbocycles. The van der Waals surface area contributed by atoms with Gasteiger partial charge in [0.05, 0.1) is 11.2 Å². The Labute approximate surface area is 169 Å². The Balaban J connectivity index is 0.00000196. The zero-order valence-electron chi connectivity index (χ0n) is 14.4. The van der Waals surface area contributed by atoms with E-state index in [0.717, 1.165) is 35.2 Å². The Morgan fingerprint density at radius 2 is 1.62 bits per heavy atom. The van der Waals surface area contributed by atoms with Crippen LogP contribution in [0.25, 0.3) is 22.3 Å². The summed E-state index contributed by atoms with van der Waals surface area (Å²) in [6, 6.07) is 15.5. The molecule has 1 aromatic heterocycles. The molecule has 134 valence electrons. The first-order chi connectivity index (χ1) is 12.3. The van der Waals surface area contributed by atoms with Crippen molar-refractivity contribution in [2.75, 3.05) is 18.8 Å². The van der Waals surface area contributed by atoms with Gasteiger partial charge in [0.2, 0.25) is 0 Å². The first kappa shape index (κ1) is 18.5. The first-order valence-electron chi connectivity index (χ1n) is 8.59. The Morgan fingerprint density at radius 3 is 2.46 bits per heavy atom. The van der Waals surface area contributed by atoms with Gasteiger partial charge in [0, 0.05) is 24.0 Å². The summed E-state index contributed by atoms with van der Waals surface area (Å²) in [4.78, 5) is 9.13. The Kier molecular flexibility index (Phi) is 5.97. The lowest BCUT2D eigenvalue weighted by Gasteiger charge is -2.21. The van der Waals surface area contributed by atoms with Crippen LogP contribution in [0.4, 0.5) is 11.5 Å². The highest BCUT2D eigenvalue weighted by molar-refractivity contribution is 14.0. The zero-order chi connectivity index (χ0) is 17.1. The number of nitrogens with zero attached hydrogens (tertiary/aromatic N) is 5. The van der Waals surface area contributed by atoms with E-state index in [4.69, 9.17) is 5.73 Å². The molecule has 1 fully saturated rings. The van der Waals surface area contributed by atoms with E-state index in [1.807, 2.05) is 53.5 Å². The summed E-state index contributed by atoms with van der Waals surface area (Å²) in [5.74, 6) is 1.05. The molecule has 2 aromatic carbocycles. The largest absolute Gasteiger partial charge is 0.383 e. The van der Waals surface area contributed by atoms with Crippen LogP contribution < -0.4 is 5.73 Å². The predicted octanol–water partition coefficient (Wildman–Crippen LogP) is 4.98. The number of anilines is 1.